The van der Waals surface area contributed by atoms with Crippen LogP contribution >= 0.6 is 11.6 Å². The van der Waals surface area contributed by atoms with Gasteiger partial charge in [-0.2, -0.15) is 13.2 Å². The van der Waals surface area contributed by atoms with Crippen LogP contribution in [0.2, 0.25) is 5.02 Å². The monoisotopic (exact) mass is 411 g/mol. The van der Waals surface area contributed by atoms with Crippen LogP contribution in [0.5, 0.6) is 5.75 Å². The van der Waals surface area contributed by atoms with Gasteiger partial charge < -0.3 is 14.7 Å². The van der Waals surface area contributed by atoms with Gasteiger partial charge in [-0.15, -0.1) is 0 Å². The van der Waals surface area contributed by atoms with E-state index in [1.807, 2.05) is 6.11 Å². The van der Waals surface area contributed by atoms with Crippen molar-refractivity contribution in [3.05, 3.63) is 58.6 Å². The highest BCUT2D eigenvalue weighted by molar-refractivity contribution is 6.33. The molecule has 0 bridgehead atoms. The smallest absolute Gasteiger partial charge is 0.418 e. The number of rotatable bonds is 4. The summed E-state index contributed by atoms with van der Waals surface area (Å²) in [6, 6.07) is 10.9. The summed E-state index contributed by atoms with van der Waals surface area (Å²) in [5.74, 6) is 3.86. The molecule has 2 aromatic carbocycles. The number of halogens is 4. The first kappa shape index (κ1) is 21.8. The lowest BCUT2D eigenvalue weighted by Gasteiger charge is -2.25. The van der Waals surface area contributed by atoms with Gasteiger partial charge >= 0.3 is 6.18 Å². The predicted octanol–water partition coefficient (Wildman–Crippen LogP) is 5.73. The van der Waals surface area contributed by atoms with Crippen molar-refractivity contribution in [3.63, 3.8) is 0 Å². The van der Waals surface area contributed by atoms with Crippen LogP contribution in [0.25, 0.3) is 0 Å². The summed E-state index contributed by atoms with van der Waals surface area (Å²) in [6.07, 6.45) is -0.194. The third-order valence-electron chi connectivity index (χ3n) is 4.10. The predicted molar refractivity (Wildman–Crippen MR) is 104 cm³/mol. The van der Waals surface area contributed by atoms with E-state index in [9.17, 15) is 13.2 Å². The van der Waals surface area contributed by atoms with Gasteiger partial charge in [0, 0.05) is 19.5 Å². The Bertz CT molecular complexity index is 837. The highest BCUT2D eigenvalue weighted by Crippen LogP contribution is 2.40. The van der Waals surface area contributed by atoms with E-state index >= 15 is 0 Å². The molecule has 0 heterocycles. The first-order valence-corrected chi connectivity index (χ1v) is 8.98. The highest BCUT2D eigenvalue weighted by atomic mass is 35.5. The first-order valence-electron chi connectivity index (χ1n) is 8.60. The molecule has 0 radical (unpaired) electrons. The van der Waals surface area contributed by atoms with Crippen molar-refractivity contribution in [1.82, 2.24) is 0 Å². The fraction of sp³-hybridized carbons (Fsp3) is 0.333. The molecule has 2 aromatic rings. The Labute approximate surface area is 167 Å². The molecule has 0 spiro atoms. The molecule has 150 valence electrons. The Kier molecular flexibility index (Phi) is 7.47. The molecule has 0 aliphatic heterocycles. The van der Waals surface area contributed by atoms with E-state index in [2.05, 4.69) is 5.92 Å². The quantitative estimate of drug-likeness (QED) is 0.652. The van der Waals surface area contributed by atoms with Crippen LogP contribution in [0.3, 0.4) is 0 Å². The molecule has 0 aromatic heterocycles. The molecule has 7 heteroatoms. The number of para-hydroxylation sites is 1. The SMILES string of the molecule is COc1ccc(CN(C)c2c(Cl)cccc2C(F)(F)F)cc1.OC#CC1CC1. The van der Waals surface area contributed by atoms with Crippen molar-refractivity contribution >= 4 is 17.3 Å². The number of hydrogen-bond donors (Lipinski definition) is 1. The lowest BCUT2D eigenvalue weighted by molar-refractivity contribution is -0.137. The first-order chi connectivity index (χ1) is 13.3. The second-order valence-electron chi connectivity index (χ2n) is 6.37. The molecule has 3 rings (SSSR count). The van der Waals surface area contributed by atoms with Gasteiger partial charge in [-0.3, -0.25) is 0 Å². The topological polar surface area (TPSA) is 32.7 Å². The molecule has 1 saturated carbocycles. The van der Waals surface area contributed by atoms with E-state index in [1.165, 1.54) is 29.9 Å². The summed E-state index contributed by atoms with van der Waals surface area (Å²) in [5, 5.41) is 7.99. The molecular weight excluding hydrogens is 391 g/mol. The van der Waals surface area contributed by atoms with E-state index in [0.29, 0.717) is 18.2 Å². The van der Waals surface area contributed by atoms with E-state index in [1.54, 1.807) is 38.4 Å². The Hall–Kier alpha value is -2.52. The van der Waals surface area contributed by atoms with Crippen LogP contribution < -0.4 is 9.64 Å². The number of alkyl halides is 3. The number of nitrogens with zero attached hydrogens (tertiary/aromatic N) is 1. The maximum Gasteiger partial charge on any atom is 0.418 e. The Morgan fingerprint density at radius 3 is 2.29 bits per heavy atom. The van der Waals surface area contributed by atoms with Crippen molar-refractivity contribution in [1.29, 1.82) is 0 Å². The number of benzene rings is 2. The number of ether oxygens (including phenoxy) is 1. The summed E-state index contributed by atoms with van der Waals surface area (Å²) < 4.78 is 44.4. The molecule has 1 fully saturated rings. The van der Waals surface area contributed by atoms with Crippen LogP contribution in [-0.2, 0) is 12.7 Å². The van der Waals surface area contributed by atoms with Crippen molar-refractivity contribution in [2.45, 2.75) is 25.6 Å². The van der Waals surface area contributed by atoms with E-state index in [0.717, 1.165) is 11.6 Å². The molecule has 0 amide bonds. The normalized spacial score (nSPS) is 12.9. The number of hydrogen-bond acceptors (Lipinski definition) is 3. The molecule has 1 aliphatic carbocycles. The van der Waals surface area contributed by atoms with Gasteiger partial charge in [-0.1, -0.05) is 35.7 Å². The summed E-state index contributed by atoms with van der Waals surface area (Å²) >= 11 is 5.98. The molecule has 28 heavy (non-hydrogen) atoms. The minimum absolute atomic E-state index is 0.0208. The fourth-order valence-electron chi connectivity index (χ4n) is 2.53. The lowest BCUT2D eigenvalue weighted by atomic mass is 10.1. The standard InChI is InChI=1S/C16H15ClF3NO.C5H6O/c1-21(10-11-6-8-12(22-2)9-7-11)15-13(16(18,19)20)4-3-5-14(15)17;6-4-3-5-1-2-5/h3-9H,10H2,1-2H3;5-6H,1-2H2. The van der Waals surface area contributed by atoms with Gasteiger partial charge in [-0.05, 0) is 42.7 Å². The van der Waals surface area contributed by atoms with Crippen LogP contribution in [0.1, 0.15) is 24.0 Å². The number of methoxy groups -OCH3 is 1. The minimum atomic E-state index is -4.45. The molecule has 1 N–H and O–H groups in total. The minimum Gasteiger partial charge on any atom is -0.497 e. The molecule has 0 atom stereocenters. The Balaban J connectivity index is 0.000000397. The summed E-state index contributed by atoms with van der Waals surface area (Å²) in [4.78, 5) is 1.49. The molecule has 0 saturated heterocycles. The molecular formula is C21H21ClF3NO2. The van der Waals surface area contributed by atoms with E-state index < -0.39 is 11.7 Å². The van der Waals surface area contributed by atoms with Crippen LogP contribution in [0.4, 0.5) is 18.9 Å². The van der Waals surface area contributed by atoms with Gasteiger partial charge in [-0.25, -0.2) is 0 Å². The maximum atomic E-state index is 13.1. The zero-order valence-electron chi connectivity index (χ0n) is 15.6. The van der Waals surface area contributed by atoms with Crippen molar-refractivity contribution in [3.8, 4) is 17.8 Å². The van der Waals surface area contributed by atoms with Crippen molar-refractivity contribution < 1.29 is 23.0 Å². The van der Waals surface area contributed by atoms with E-state index in [4.69, 9.17) is 21.4 Å². The summed E-state index contributed by atoms with van der Waals surface area (Å²) in [7, 11) is 3.14. The average molecular weight is 412 g/mol. The summed E-state index contributed by atoms with van der Waals surface area (Å²) in [6.45, 7) is 0.302. The lowest BCUT2D eigenvalue weighted by Crippen LogP contribution is -2.21. The molecule has 0 unspecified atom stereocenters. The number of aliphatic hydroxyl groups is 1. The number of anilines is 1. The highest BCUT2D eigenvalue weighted by Gasteiger charge is 2.35. The van der Waals surface area contributed by atoms with Crippen LogP contribution in [0, 0.1) is 17.9 Å². The number of aliphatic hydroxyl groups excluding tert-OH is 1. The second kappa shape index (κ2) is 9.61. The van der Waals surface area contributed by atoms with Gasteiger partial charge in [0.25, 0.3) is 0 Å². The van der Waals surface area contributed by atoms with E-state index in [-0.39, 0.29) is 10.7 Å². The summed E-state index contributed by atoms with van der Waals surface area (Å²) in [5.41, 5.74) is 0.0971. The molecule has 1 aliphatic rings. The Morgan fingerprint density at radius 1 is 1.18 bits per heavy atom. The van der Waals surface area contributed by atoms with Crippen LogP contribution in [-0.4, -0.2) is 19.3 Å². The van der Waals surface area contributed by atoms with Gasteiger partial charge in [0.1, 0.15) is 11.9 Å². The third-order valence-corrected chi connectivity index (χ3v) is 4.40. The van der Waals surface area contributed by atoms with Crippen molar-refractivity contribution in [2.75, 3.05) is 19.1 Å². The molecule has 3 nitrogen and oxygen atoms in total. The second-order valence-corrected chi connectivity index (χ2v) is 6.78. The maximum absolute atomic E-state index is 13.1. The fourth-order valence-corrected chi connectivity index (χ4v) is 2.85. The van der Waals surface area contributed by atoms with Gasteiger partial charge in [0.15, 0.2) is 0 Å². The average Bonchev–Trinajstić information content (AvgIpc) is 3.46. The Morgan fingerprint density at radius 2 is 1.82 bits per heavy atom. The largest absolute Gasteiger partial charge is 0.497 e. The van der Waals surface area contributed by atoms with Gasteiger partial charge in [0.2, 0.25) is 0 Å². The van der Waals surface area contributed by atoms with Gasteiger partial charge in [0.05, 0.1) is 23.4 Å². The van der Waals surface area contributed by atoms with Crippen LogP contribution in [0.15, 0.2) is 42.5 Å². The zero-order valence-corrected chi connectivity index (χ0v) is 16.3. The third kappa shape index (κ3) is 6.28. The zero-order chi connectivity index (χ0) is 20.7. The van der Waals surface area contributed by atoms with Crippen molar-refractivity contribution in [2.24, 2.45) is 5.92 Å².